The van der Waals surface area contributed by atoms with Crippen LogP contribution in [0, 0.1) is 5.82 Å². The van der Waals surface area contributed by atoms with Crippen molar-refractivity contribution in [3.63, 3.8) is 0 Å². The summed E-state index contributed by atoms with van der Waals surface area (Å²) in [5, 5.41) is 3.38. The van der Waals surface area contributed by atoms with Gasteiger partial charge in [-0.25, -0.2) is 9.18 Å². The molecule has 0 bridgehead atoms. The molecule has 0 aliphatic carbocycles. The van der Waals surface area contributed by atoms with Gasteiger partial charge in [-0.3, -0.25) is 9.69 Å². The standard InChI is InChI=1S/C21H25FN2O4S/c1-3-16-11-17(21(26)27-4-2)20(29-16)23-19(25)13-24-9-10-28-18(12-24)14-5-7-15(22)8-6-14/h5-8,11,18H,3-4,9-10,12-13H2,1-2H3,(H,23,25). The van der Waals surface area contributed by atoms with Crippen molar-refractivity contribution in [2.75, 3.05) is 38.2 Å². The first-order valence-corrected chi connectivity index (χ1v) is 10.5. The van der Waals surface area contributed by atoms with Gasteiger partial charge in [-0.15, -0.1) is 11.3 Å². The van der Waals surface area contributed by atoms with Crippen LogP contribution in [-0.4, -0.2) is 49.6 Å². The lowest BCUT2D eigenvalue weighted by Crippen LogP contribution is -2.42. The van der Waals surface area contributed by atoms with Crippen LogP contribution in [0.3, 0.4) is 0 Å². The van der Waals surface area contributed by atoms with Crippen molar-refractivity contribution in [3.8, 4) is 0 Å². The Kier molecular flexibility index (Phi) is 7.35. The Morgan fingerprint density at radius 2 is 2.07 bits per heavy atom. The molecule has 1 N–H and O–H groups in total. The first-order chi connectivity index (χ1) is 14.0. The van der Waals surface area contributed by atoms with Crippen LogP contribution in [-0.2, 0) is 20.7 Å². The molecule has 1 amide bonds. The molecular formula is C21H25FN2O4S. The summed E-state index contributed by atoms with van der Waals surface area (Å²) in [5.41, 5.74) is 1.28. The SMILES string of the molecule is CCOC(=O)c1cc(CC)sc1NC(=O)CN1CCOC(c2ccc(F)cc2)C1. The Morgan fingerprint density at radius 3 is 2.76 bits per heavy atom. The smallest absolute Gasteiger partial charge is 0.341 e. The second-order valence-electron chi connectivity index (χ2n) is 6.72. The molecule has 1 saturated heterocycles. The van der Waals surface area contributed by atoms with E-state index in [4.69, 9.17) is 9.47 Å². The topological polar surface area (TPSA) is 67.9 Å². The van der Waals surface area contributed by atoms with E-state index in [1.807, 2.05) is 11.8 Å². The van der Waals surface area contributed by atoms with E-state index in [9.17, 15) is 14.0 Å². The molecule has 6 nitrogen and oxygen atoms in total. The number of carbonyl (C=O) groups excluding carboxylic acids is 2. The summed E-state index contributed by atoms with van der Waals surface area (Å²) in [7, 11) is 0. The number of hydrogen-bond acceptors (Lipinski definition) is 6. The number of nitrogens with zero attached hydrogens (tertiary/aromatic N) is 1. The monoisotopic (exact) mass is 420 g/mol. The number of benzene rings is 1. The minimum Gasteiger partial charge on any atom is -0.462 e. The molecule has 1 aliphatic heterocycles. The molecule has 2 heterocycles. The van der Waals surface area contributed by atoms with Crippen molar-refractivity contribution in [1.29, 1.82) is 0 Å². The minimum atomic E-state index is -0.429. The first kappa shape index (κ1) is 21.4. The molecule has 0 spiro atoms. The van der Waals surface area contributed by atoms with Crippen molar-refractivity contribution in [2.45, 2.75) is 26.4 Å². The maximum absolute atomic E-state index is 13.1. The molecule has 0 radical (unpaired) electrons. The molecule has 1 fully saturated rings. The number of halogens is 1. The fourth-order valence-electron chi connectivity index (χ4n) is 3.16. The van der Waals surface area contributed by atoms with E-state index in [0.717, 1.165) is 16.9 Å². The maximum atomic E-state index is 13.1. The number of ether oxygens (including phenoxy) is 2. The highest BCUT2D eigenvalue weighted by atomic mass is 32.1. The zero-order valence-corrected chi connectivity index (χ0v) is 17.4. The Morgan fingerprint density at radius 1 is 1.31 bits per heavy atom. The quantitative estimate of drug-likeness (QED) is 0.693. The molecule has 156 valence electrons. The molecule has 1 unspecified atom stereocenters. The number of thiophene rings is 1. The third kappa shape index (κ3) is 5.62. The summed E-state index contributed by atoms with van der Waals surface area (Å²) in [6.45, 7) is 5.86. The van der Waals surface area contributed by atoms with E-state index in [2.05, 4.69) is 5.32 Å². The Labute approximate surface area is 173 Å². The van der Waals surface area contributed by atoms with Crippen molar-refractivity contribution in [3.05, 3.63) is 52.2 Å². The van der Waals surface area contributed by atoms with Crippen LogP contribution < -0.4 is 5.32 Å². The fraction of sp³-hybridized carbons (Fsp3) is 0.429. The zero-order chi connectivity index (χ0) is 20.8. The number of carbonyl (C=O) groups is 2. The highest BCUT2D eigenvalue weighted by Crippen LogP contribution is 2.29. The summed E-state index contributed by atoms with van der Waals surface area (Å²) in [6.07, 6.45) is 0.566. The maximum Gasteiger partial charge on any atom is 0.341 e. The van der Waals surface area contributed by atoms with Gasteiger partial charge in [0.05, 0.1) is 31.4 Å². The van der Waals surface area contributed by atoms with Crippen LogP contribution in [0.1, 0.15) is 40.8 Å². The summed E-state index contributed by atoms with van der Waals surface area (Å²) in [4.78, 5) is 27.8. The largest absolute Gasteiger partial charge is 0.462 e. The summed E-state index contributed by atoms with van der Waals surface area (Å²) >= 11 is 1.39. The molecule has 8 heteroatoms. The number of hydrogen-bond donors (Lipinski definition) is 1. The molecule has 0 saturated carbocycles. The number of esters is 1. The molecule has 1 atom stereocenters. The van der Waals surface area contributed by atoms with Gasteiger partial charge in [0.15, 0.2) is 0 Å². The highest BCUT2D eigenvalue weighted by Gasteiger charge is 2.25. The second-order valence-corrected chi connectivity index (χ2v) is 7.86. The van der Waals surface area contributed by atoms with Crippen LogP contribution in [0.15, 0.2) is 30.3 Å². The lowest BCUT2D eigenvalue weighted by Gasteiger charge is -2.32. The van der Waals surface area contributed by atoms with Crippen LogP contribution in [0.2, 0.25) is 0 Å². The van der Waals surface area contributed by atoms with Gasteiger partial charge in [0.2, 0.25) is 5.91 Å². The van der Waals surface area contributed by atoms with Crippen LogP contribution in [0.5, 0.6) is 0 Å². The van der Waals surface area contributed by atoms with E-state index in [1.54, 1.807) is 25.1 Å². The van der Waals surface area contributed by atoms with Gasteiger partial charge < -0.3 is 14.8 Å². The lowest BCUT2D eigenvalue weighted by molar-refractivity contribution is -0.119. The Balaban J connectivity index is 1.62. The van der Waals surface area contributed by atoms with Crippen LogP contribution >= 0.6 is 11.3 Å². The molecule has 2 aromatic rings. The average Bonchev–Trinajstić information content (AvgIpc) is 3.12. The van der Waals surface area contributed by atoms with E-state index >= 15 is 0 Å². The van der Waals surface area contributed by atoms with Crippen molar-refractivity contribution in [2.24, 2.45) is 0 Å². The van der Waals surface area contributed by atoms with Gasteiger partial charge in [0.25, 0.3) is 0 Å². The number of rotatable bonds is 7. The third-order valence-corrected chi connectivity index (χ3v) is 5.83. The summed E-state index contributed by atoms with van der Waals surface area (Å²) < 4.78 is 24.0. The van der Waals surface area contributed by atoms with E-state index in [0.29, 0.717) is 30.3 Å². The number of anilines is 1. The highest BCUT2D eigenvalue weighted by molar-refractivity contribution is 7.16. The van der Waals surface area contributed by atoms with Crippen LogP contribution in [0.4, 0.5) is 9.39 Å². The van der Waals surface area contributed by atoms with Gasteiger partial charge in [-0.1, -0.05) is 19.1 Å². The van der Waals surface area contributed by atoms with E-state index < -0.39 is 5.97 Å². The Bertz CT molecular complexity index is 853. The summed E-state index contributed by atoms with van der Waals surface area (Å²) in [5.74, 6) is -0.915. The van der Waals surface area contributed by atoms with Gasteiger partial charge in [0.1, 0.15) is 10.8 Å². The van der Waals surface area contributed by atoms with Gasteiger partial charge in [-0.05, 0) is 37.1 Å². The molecule has 1 aromatic carbocycles. The molecule has 29 heavy (non-hydrogen) atoms. The van der Waals surface area contributed by atoms with Crippen molar-refractivity contribution < 1.29 is 23.5 Å². The van der Waals surface area contributed by atoms with Crippen LogP contribution in [0.25, 0.3) is 0 Å². The second kappa shape index (κ2) is 9.96. The first-order valence-electron chi connectivity index (χ1n) is 9.69. The molecular weight excluding hydrogens is 395 g/mol. The molecule has 3 rings (SSSR count). The minimum absolute atomic E-state index is 0.183. The van der Waals surface area contributed by atoms with E-state index in [-0.39, 0.29) is 31.0 Å². The van der Waals surface area contributed by atoms with E-state index in [1.165, 1.54) is 23.5 Å². The molecule has 1 aromatic heterocycles. The fourth-order valence-corrected chi connectivity index (χ4v) is 4.16. The zero-order valence-electron chi connectivity index (χ0n) is 16.6. The summed E-state index contributed by atoms with van der Waals surface area (Å²) in [6, 6.07) is 7.99. The van der Waals surface area contributed by atoms with Gasteiger partial charge in [-0.2, -0.15) is 0 Å². The number of morpholine rings is 1. The predicted octanol–water partition coefficient (Wildman–Crippen LogP) is 3.64. The molecule has 1 aliphatic rings. The lowest BCUT2D eigenvalue weighted by atomic mass is 10.1. The normalized spacial score (nSPS) is 17.1. The number of aryl methyl sites for hydroxylation is 1. The number of amides is 1. The van der Waals surface area contributed by atoms with Gasteiger partial charge >= 0.3 is 5.97 Å². The van der Waals surface area contributed by atoms with Crippen molar-refractivity contribution >= 4 is 28.2 Å². The Hall–Kier alpha value is -2.29. The predicted molar refractivity (Wildman–Crippen MR) is 110 cm³/mol. The third-order valence-electron chi connectivity index (χ3n) is 4.64. The van der Waals surface area contributed by atoms with Crippen molar-refractivity contribution in [1.82, 2.24) is 4.90 Å². The van der Waals surface area contributed by atoms with Gasteiger partial charge in [0, 0.05) is 18.0 Å². The number of nitrogens with one attached hydrogen (secondary N) is 1. The average molecular weight is 421 g/mol.